The fourth-order valence-electron chi connectivity index (χ4n) is 3.32. The Labute approximate surface area is 181 Å². The highest BCUT2D eigenvalue weighted by atomic mass is 32.2. The fourth-order valence-corrected chi connectivity index (χ4v) is 4.18. The summed E-state index contributed by atoms with van der Waals surface area (Å²) in [7, 11) is 0. The van der Waals surface area contributed by atoms with Gasteiger partial charge in [-0.15, -0.1) is 0 Å². The van der Waals surface area contributed by atoms with Crippen LogP contribution in [-0.2, 0) is 4.79 Å². The second-order valence-electron chi connectivity index (χ2n) is 7.38. The number of nitrogens with one attached hydrogen (secondary N) is 1. The van der Waals surface area contributed by atoms with Gasteiger partial charge in [-0.25, -0.2) is 4.98 Å². The first-order valence-corrected chi connectivity index (χ1v) is 11.2. The van der Waals surface area contributed by atoms with Crippen molar-refractivity contribution in [3.8, 4) is 0 Å². The maximum atomic E-state index is 12.7. The molecule has 0 saturated carbocycles. The number of thioether (sulfide) groups is 1. The Hall–Kier alpha value is -2.67. The highest BCUT2D eigenvalue weighted by molar-refractivity contribution is 8.00. The van der Waals surface area contributed by atoms with E-state index in [-0.39, 0.29) is 22.8 Å². The highest BCUT2D eigenvalue weighted by Crippen LogP contribution is 2.25. The number of carbonyl (C=O) groups excluding carboxylic acids is 3. The van der Waals surface area contributed by atoms with Gasteiger partial charge in [-0.1, -0.05) is 18.7 Å². The molecule has 1 saturated heterocycles. The summed E-state index contributed by atoms with van der Waals surface area (Å²) in [5, 5.41) is 3.20. The van der Waals surface area contributed by atoms with Crippen LogP contribution in [0.2, 0.25) is 0 Å². The SMILES string of the molecule is CCCC(=O)Nc1ccc(C(=O)[C@@H](C)Sc2ccc(C(=O)N3CCCC3)cn2)cc1. The molecule has 1 aromatic heterocycles. The van der Waals surface area contributed by atoms with Crippen molar-refractivity contribution in [3.63, 3.8) is 0 Å². The summed E-state index contributed by atoms with van der Waals surface area (Å²) in [6.07, 6.45) is 4.97. The second-order valence-corrected chi connectivity index (χ2v) is 8.75. The molecule has 30 heavy (non-hydrogen) atoms. The average Bonchev–Trinajstić information content (AvgIpc) is 3.29. The standard InChI is InChI=1S/C23H27N3O3S/c1-3-6-20(27)25-19-10-7-17(8-11-19)22(28)16(2)30-21-12-9-18(15-24-21)23(29)26-13-4-5-14-26/h7-12,15-16H,3-6,13-14H2,1-2H3,(H,25,27)/t16-/m1/s1. The molecule has 0 aliphatic carbocycles. The number of hydrogen-bond acceptors (Lipinski definition) is 5. The Bertz CT molecular complexity index is 891. The van der Waals surface area contributed by atoms with E-state index in [1.165, 1.54) is 11.8 Å². The van der Waals surface area contributed by atoms with Crippen LogP contribution in [0, 0.1) is 0 Å². The minimum absolute atomic E-state index is 0.00884. The molecule has 1 atom stereocenters. The first-order valence-electron chi connectivity index (χ1n) is 10.3. The number of ketones is 1. The van der Waals surface area contributed by atoms with Gasteiger partial charge in [0.25, 0.3) is 5.91 Å². The summed E-state index contributed by atoms with van der Waals surface area (Å²) in [4.78, 5) is 43.0. The van der Waals surface area contributed by atoms with E-state index in [9.17, 15) is 14.4 Å². The molecule has 158 valence electrons. The smallest absolute Gasteiger partial charge is 0.255 e. The minimum atomic E-state index is -0.321. The van der Waals surface area contributed by atoms with Crippen molar-refractivity contribution in [1.82, 2.24) is 9.88 Å². The molecule has 1 aliphatic heterocycles. The van der Waals surface area contributed by atoms with E-state index in [1.807, 2.05) is 18.7 Å². The molecular formula is C23H27N3O3S. The number of anilines is 1. The van der Waals surface area contributed by atoms with Crippen molar-refractivity contribution in [2.24, 2.45) is 0 Å². The van der Waals surface area contributed by atoms with Crippen molar-refractivity contribution >= 4 is 35.0 Å². The third-order valence-electron chi connectivity index (χ3n) is 4.97. The summed E-state index contributed by atoms with van der Waals surface area (Å²) in [5.74, 6) is -0.0181. The lowest BCUT2D eigenvalue weighted by Gasteiger charge is -2.15. The number of carbonyl (C=O) groups is 3. The van der Waals surface area contributed by atoms with Crippen LogP contribution in [0.4, 0.5) is 5.69 Å². The maximum Gasteiger partial charge on any atom is 0.255 e. The zero-order valence-corrected chi connectivity index (χ0v) is 18.2. The van der Waals surface area contributed by atoms with Crippen LogP contribution in [-0.4, -0.2) is 45.8 Å². The predicted molar refractivity (Wildman–Crippen MR) is 119 cm³/mol. The molecule has 3 rings (SSSR count). The van der Waals surface area contributed by atoms with Crippen LogP contribution in [0.5, 0.6) is 0 Å². The summed E-state index contributed by atoms with van der Waals surface area (Å²) in [6.45, 7) is 5.41. The Kier molecular flexibility index (Phi) is 7.63. The zero-order valence-electron chi connectivity index (χ0n) is 17.4. The molecule has 7 heteroatoms. The van der Waals surface area contributed by atoms with Crippen LogP contribution >= 0.6 is 11.8 Å². The zero-order chi connectivity index (χ0) is 21.5. The van der Waals surface area contributed by atoms with Gasteiger partial charge in [0.15, 0.2) is 5.78 Å². The molecule has 1 fully saturated rings. The number of likely N-dealkylation sites (tertiary alicyclic amines) is 1. The number of hydrogen-bond donors (Lipinski definition) is 1. The second kappa shape index (κ2) is 10.4. The topological polar surface area (TPSA) is 79.4 Å². The van der Waals surface area contributed by atoms with Crippen LogP contribution in [0.1, 0.15) is 60.2 Å². The number of Topliss-reactive ketones (excluding diaryl/α,β-unsaturated/α-hetero) is 1. The molecule has 2 heterocycles. The normalized spacial score (nSPS) is 14.4. The molecule has 1 N–H and O–H groups in total. The van der Waals surface area contributed by atoms with E-state index in [4.69, 9.17) is 0 Å². The average molecular weight is 426 g/mol. The maximum absolute atomic E-state index is 12.7. The number of amides is 2. The molecule has 0 spiro atoms. The first-order chi connectivity index (χ1) is 14.5. The fraction of sp³-hybridized carbons (Fsp3) is 0.391. The highest BCUT2D eigenvalue weighted by Gasteiger charge is 2.21. The van der Waals surface area contributed by atoms with E-state index >= 15 is 0 Å². The number of benzene rings is 1. The van der Waals surface area contributed by atoms with Crippen LogP contribution in [0.3, 0.4) is 0 Å². The lowest BCUT2D eigenvalue weighted by molar-refractivity contribution is -0.116. The van der Waals surface area contributed by atoms with Gasteiger partial charge in [-0.2, -0.15) is 0 Å². The van der Waals surface area contributed by atoms with Gasteiger partial charge < -0.3 is 10.2 Å². The Morgan fingerprint density at radius 2 is 1.73 bits per heavy atom. The molecule has 2 amide bonds. The van der Waals surface area contributed by atoms with Gasteiger partial charge in [0, 0.05) is 37.0 Å². The molecule has 1 aliphatic rings. The summed E-state index contributed by atoms with van der Waals surface area (Å²) >= 11 is 1.37. The van der Waals surface area contributed by atoms with E-state index in [1.54, 1.807) is 42.6 Å². The predicted octanol–water partition coefficient (Wildman–Crippen LogP) is 4.42. The van der Waals surface area contributed by atoms with Crippen molar-refractivity contribution in [3.05, 3.63) is 53.7 Å². The summed E-state index contributed by atoms with van der Waals surface area (Å²) in [5.41, 5.74) is 1.86. The number of nitrogens with zero attached hydrogens (tertiary/aromatic N) is 2. The molecule has 0 bridgehead atoms. The lowest BCUT2D eigenvalue weighted by atomic mass is 10.1. The summed E-state index contributed by atoms with van der Waals surface area (Å²) < 4.78 is 0. The molecule has 0 unspecified atom stereocenters. The van der Waals surface area contributed by atoms with Gasteiger partial charge in [-0.05, 0) is 62.6 Å². The largest absolute Gasteiger partial charge is 0.339 e. The molecule has 2 aromatic rings. The third-order valence-corrected chi connectivity index (χ3v) is 6.02. The van der Waals surface area contributed by atoms with Crippen molar-refractivity contribution < 1.29 is 14.4 Å². The van der Waals surface area contributed by atoms with Crippen LogP contribution < -0.4 is 5.32 Å². The monoisotopic (exact) mass is 425 g/mol. The van der Waals surface area contributed by atoms with Crippen molar-refractivity contribution in [1.29, 1.82) is 0 Å². The Balaban J connectivity index is 1.57. The van der Waals surface area contributed by atoms with Crippen molar-refractivity contribution in [2.75, 3.05) is 18.4 Å². The Morgan fingerprint density at radius 3 is 2.33 bits per heavy atom. The molecule has 0 radical (unpaired) electrons. The van der Waals surface area contributed by atoms with Gasteiger partial charge in [0.1, 0.15) is 0 Å². The molecular weight excluding hydrogens is 398 g/mol. The summed E-state index contributed by atoms with van der Waals surface area (Å²) in [6, 6.07) is 10.5. The first kappa shape index (κ1) is 22.0. The van der Waals surface area contributed by atoms with Gasteiger partial charge in [-0.3, -0.25) is 14.4 Å². The minimum Gasteiger partial charge on any atom is -0.339 e. The Morgan fingerprint density at radius 1 is 1.07 bits per heavy atom. The van der Waals surface area contributed by atoms with Gasteiger partial charge >= 0.3 is 0 Å². The molecule has 1 aromatic carbocycles. The van der Waals surface area contributed by atoms with Crippen LogP contribution in [0.15, 0.2) is 47.6 Å². The number of rotatable bonds is 8. The number of aromatic nitrogens is 1. The quantitative estimate of drug-likeness (QED) is 0.500. The van der Waals surface area contributed by atoms with E-state index in [0.717, 1.165) is 32.4 Å². The van der Waals surface area contributed by atoms with E-state index in [2.05, 4.69) is 10.3 Å². The van der Waals surface area contributed by atoms with E-state index < -0.39 is 0 Å². The molecule has 6 nitrogen and oxygen atoms in total. The van der Waals surface area contributed by atoms with Gasteiger partial charge in [0.2, 0.25) is 5.91 Å². The lowest BCUT2D eigenvalue weighted by Crippen LogP contribution is -2.27. The van der Waals surface area contributed by atoms with Crippen molar-refractivity contribution in [2.45, 2.75) is 49.8 Å². The van der Waals surface area contributed by atoms with Gasteiger partial charge in [0.05, 0.1) is 15.8 Å². The number of pyridine rings is 1. The van der Waals surface area contributed by atoms with E-state index in [0.29, 0.717) is 28.3 Å². The third kappa shape index (κ3) is 5.69. The van der Waals surface area contributed by atoms with Crippen LogP contribution in [0.25, 0.3) is 0 Å².